The Labute approximate surface area is 99.1 Å². The van der Waals surface area contributed by atoms with Crippen molar-refractivity contribution in [3.8, 4) is 0 Å². The molecule has 2 aliphatic rings. The summed E-state index contributed by atoms with van der Waals surface area (Å²) in [5.74, 6) is 0. The van der Waals surface area contributed by atoms with E-state index in [1.807, 2.05) is 0 Å². The Morgan fingerprint density at radius 3 is 2.31 bits per heavy atom. The number of likely N-dealkylation sites (N-methyl/N-ethyl adjacent to an activating group) is 1. The minimum atomic E-state index is 0.369. The molecule has 0 aromatic carbocycles. The molecule has 0 spiro atoms. The quantitative estimate of drug-likeness (QED) is 0.710. The summed E-state index contributed by atoms with van der Waals surface area (Å²) in [6, 6.07) is 0. The maximum absolute atomic E-state index is 5.84. The molecule has 3 heteroatoms. The zero-order valence-electron chi connectivity index (χ0n) is 10.8. The van der Waals surface area contributed by atoms with Gasteiger partial charge in [0, 0.05) is 38.5 Å². The molecule has 0 saturated carbocycles. The standard InChI is InChI=1S/C13H24N2O/c1-11(2)13(12-5-4-10-16-12)15-8-6-14(3)7-9-15/h12H,4-10H2,1-3H3. The highest BCUT2D eigenvalue weighted by molar-refractivity contribution is 5.16. The largest absolute Gasteiger partial charge is 0.372 e. The van der Waals surface area contributed by atoms with E-state index in [1.54, 1.807) is 0 Å². The molecular weight excluding hydrogens is 200 g/mol. The van der Waals surface area contributed by atoms with E-state index in [9.17, 15) is 0 Å². The lowest BCUT2D eigenvalue weighted by atomic mass is 10.1. The molecule has 0 radical (unpaired) electrons. The molecule has 1 atom stereocenters. The van der Waals surface area contributed by atoms with Crippen LogP contribution in [0.15, 0.2) is 11.3 Å². The minimum Gasteiger partial charge on any atom is -0.372 e. The van der Waals surface area contributed by atoms with Gasteiger partial charge >= 0.3 is 0 Å². The predicted octanol–water partition coefficient (Wildman–Crippen LogP) is 1.71. The lowest BCUT2D eigenvalue weighted by molar-refractivity contribution is 0.0912. The fourth-order valence-corrected chi connectivity index (χ4v) is 2.68. The SMILES string of the molecule is CC(C)=C(C1CCCO1)N1CCN(C)CC1. The smallest absolute Gasteiger partial charge is 0.0971 e. The van der Waals surface area contributed by atoms with Gasteiger partial charge in [0.05, 0.1) is 6.10 Å². The molecule has 0 amide bonds. The minimum absolute atomic E-state index is 0.369. The average molecular weight is 224 g/mol. The van der Waals surface area contributed by atoms with Gasteiger partial charge in [-0.25, -0.2) is 0 Å². The van der Waals surface area contributed by atoms with Crippen LogP contribution in [0.5, 0.6) is 0 Å². The summed E-state index contributed by atoms with van der Waals surface area (Å²) in [4.78, 5) is 4.93. The van der Waals surface area contributed by atoms with Crippen LogP contribution in [-0.2, 0) is 4.74 Å². The third-order valence-electron chi connectivity index (χ3n) is 3.59. The monoisotopic (exact) mass is 224 g/mol. The summed E-state index contributed by atoms with van der Waals surface area (Å²) < 4.78 is 5.84. The van der Waals surface area contributed by atoms with Crippen molar-refractivity contribution in [2.75, 3.05) is 39.8 Å². The van der Waals surface area contributed by atoms with Crippen molar-refractivity contribution in [1.82, 2.24) is 9.80 Å². The molecule has 2 saturated heterocycles. The average Bonchev–Trinajstić information content (AvgIpc) is 2.74. The highest BCUT2D eigenvalue weighted by Crippen LogP contribution is 2.26. The van der Waals surface area contributed by atoms with Crippen LogP contribution in [0.4, 0.5) is 0 Å². The van der Waals surface area contributed by atoms with Gasteiger partial charge in [0.2, 0.25) is 0 Å². The van der Waals surface area contributed by atoms with Gasteiger partial charge in [-0.1, -0.05) is 5.57 Å². The van der Waals surface area contributed by atoms with Crippen LogP contribution >= 0.6 is 0 Å². The second-order valence-electron chi connectivity index (χ2n) is 5.18. The third-order valence-corrected chi connectivity index (χ3v) is 3.59. The van der Waals surface area contributed by atoms with Crippen molar-refractivity contribution >= 4 is 0 Å². The van der Waals surface area contributed by atoms with Crippen LogP contribution in [0.2, 0.25) is 0 Å². The highest BCUT2D eigenvalue weighted by Gasteiger charge is 2.27. The first-order chi connectivity index (χ1) is 7.68. The molecule has 16 heavy (non-hydrogen) atoms. The molecule has 92 valence electrons. The third kappa shape index (κ3) is 2.58. The number of allylic oxidation sites excluding steroid dienone is 1. The topological polar surface area (TPSA) is 15.7 Å². The first-order valence-electron chi connectivity index (χ1n) is 6.41. The van der Waals surface area contributed by atoms with Gasteiger partial charge in [0.15, 0.2) is 0 Å². The zero-order chi connectivity index (χ0) is 11.5. The van der Waals surface area contributed by atoms with E-state index in [-0.39, 0.29) is 0 Å². The Morgan fingerprint density at radius 2 is 1.81 bits per heavy atom. The molecule has 0 aliphatic carbocycles. The van der Waals surface area contributed by atoms with Crippen molar-refractivity contribution < 1.29 is 4.74 Å². The van der Waals surface area contributed by atoms with Gasteiger partial charge in [-0.2, -0.15) is 0 Å². The van der Waals surface area contributed by atoms with Crippen LogP contribution in [0.3, 0.4) is 0 Å². The van der Waals surface area contributed by atoms with Crippen molar-refractivity contribution in [1.29, 1.82) is 0 Å². The maximum atomic E-state index is 5.84. The van der Waals surface area contributed by atoms with Gasteiger partial charge in [0.25, 0.3) is 0 Å². The van der Waals surface area contributed by atoms with E-state index < -0.39 is 0 Å². The van der Waals surface area contributed by atoms with E-state index in [0.29, 0.717) is 6.10 Å². The van der Waals surface area contributed by atoms with Crippen molar-refractivity contribution in [3.05, 3.63) is 11.3 Å². The van der Waals surface area contributed by atoms with Crippen molar-refractivity contribution in [2.24, 2.45) is 0 Å². The predicted molar refractivity (Wildman–Crippen MR) is 66.4 cm³/mol. The summed E-state index contributed by atoms with van der Waals surface area (Å²) in [5.41, 5.74) is 2.89. The molecule has 2 rings (SSSR count). The maximum Gasteiger partial charge on any atom is 0.0971 e. The lowest BCUT2D eigenvalue weighted by Crippen LogP contribution is -2.46. The molecular formula is C13H24N2O. The summed E-state index contributed by atoms with van der Waals surface area (Å²) in [7, 11) is 2.20. The molecule has 2 fully saturated rings. The Balaban J connectivity index is 2.05. The number of hydrogen-bond acceptors (Lipinski definition) is 3. The first-order valence-corrected chi connectivity index (χ1v) is 6.41. The lowest BCUT2D eigenvalue weighted by Gasteiger charge is -2.38. The van der Waals surface area contributed by atoms with Crippen LogP contribution in [0.25, 0.3) is 0 Å². The van der Waals surface area contributed by atoms with Gasteiger partial charge < -0.3 is 14.5 Å². The molecule has 0 bridgehead atoms. The highest BCUT2D eigenvalue weighted by atomic mass is 16.5. The summed E-state index contributed by atoms with van der Waals surface area (Å²) in [5, 5.41) is 0. The Hall–Kier alpha value is -0.540. The van der Waals surface area contributed by atoms with E-state index in [4.69, 9.17) is 4.74 Å². The molecule has 3 nitrogen and oxygen atoms in total. The fourth-order valence-electron chi connectivity index (χ4n) is 2.68. The van der Waals surface area contributed by atoms with Crippen molar-refractivity contribution in [2.45, 2.75) is 32.8 Å². The summed E-state index contributed by atoms with van der Waals surface area (Å²) in [6.07, 6.45) is 2.79. The molecule has 2 aliphatic heterocycles. The van der Waals surface area contributed by atoms with Crippen LogP contribution in [0, 0.1) is 0 Å². The van der Waals surface area contributed by atoms with Crippen LogP contribution in [-0.4, -0.2) is 55.7 Å². The van der Waals surface area contributed by atoms with Gasteiger partial charge in [0.1, 0.15) is 0 Å². The van der Waals surface area contributed by atoms with E-state index in [0.717, 1.165) is 19.7 Å². The number of piperazine rings is 1. The van der Waals surface area contributed by atoms with Crippen LogP contribution < -0.4 is 0 Å². The van der Waals surface area contributed by atoms with Gasteiger partial charge in [-0.05, 0) is 33.7 Å². The second kappa shape index (κ2) is 5.19. The van der Waals surface area contributed by atoms with Crippen molar-refractivity contribution in [3.63, 3.8) is 0 Å². The number of rotatable bonds is 2. The van der Waals surface area contributed by atoms with Gasteiger partial charge in [-0.3, -0.25) is 0 Å². The number of ether oxygens (including phenoxy) is 1. The molecule has 0 aromatic rings. The zero-order valence-corrected chi connectivity index (χ0v) is 10.8. The fraction of sp³-hybridized carbons (Fsp3) is 0.846. The normalized spacial score (nSPS) is 27.2. The number of hydrogen-bond donors (Lipinski definition) is 0. The van der Waals surface area contributed by atoms with Gasteiger partial charge in [-0.15, -0.1) is 0 Å². The molecule has 0 aromatic heterocycles. The molecule has 2 heterocycles. The Morgan fingerprint density at radius 1 is 1.12 bits per heavy atom. The van der Waals surface area contributed by atoms with Crippen LogP contribution in [0.1, 0.15) is 26.7 Å². The second-order valence-corrected chi connectivity index (χ2v) is 5.18. The first kappa shape index (κ1) is 11.9. The Kier molecular flexibility index (Phi) is 3.87. The molecule has 1 unspecified atom stereocenters. The van der Waals surface area contributed by atoms with E-state index in [2.05, 4.69) is 30.7 Å². The summed E-state index contributed by atoms with van der Waals surface area (Å²) >= 11 is 0. The summed E-state index contributed by atoms with van der Waals surface area (Å²) in [6.45, 7) is 10.0. The molecule has 0 N–H and O–H groups in total. The number of nitrogens with zero attached hydrogens (tertiary/aromatic N) is 2. The Bertz CT molecular complexity index is 257. The van der Waals surface area contributed by atoms with E-state index in [1.165, 1.54) is 37.2 Å². The van der Waals surface area contributed by atoms with E-state index >= 15 is 0 Å².